The first-order chi connectivity index (χ1) is 6.36. The van der Waals surface area contributed by atoms with Gasteiger partial charge in [0.2, 0.25) is 0 Å². The third-order valence-electron chi connectivity index (χ3n) is 3.00. The lowest BCUT2D eigenvalue weighted by molar-refractivity contribution is 0.184. The zero-order chi connectivity index (χ0) is 9.52. The van der Waals surface area contributed by atoms with Crippen molar-refractivity contribution in [1.29, 1.82) is 0 Å². The Morgan fingerprint density at radius 2 is 2.15 bits per heavy atom. The molecule has 1 atom stereocenters. The lowest BCUT2D eigenvalue weighted by Crippen LogP contribution is -2.29. The predicted octanol–water partition coefficient (Wildman–Crippen LogP) is 2.19. The van der Waals surface area contributed by atoms with Crippen molar-refractivity contribution in [2.45, 2.75) is 45.6 Å². The second-order valence-electron chi connectivity index (χ2n) is 3.99. The largest absolute Gasteiger partial charge is 0.381 e. The first kappa shape index (κ1) is 11.0. The molecule has 1 unspecified atom stereocenters. The van der Waals surface area contributed by atoms with E-state index in [4.69, 9.17) is 4.74 Å². The van der Waals surface area contributed by atoms with Gasteiger partial charge in [0.25, 0.3) is 0 Å². The molecule has 1 saturated heterocycles. The Hall–Kier alpha value is -0.0800. The summed E-state index contributed by atoms with van der Waals surface area (Å²) in [6.07, 6.45) is 5.05. The Labute approximate surface area is 82.0 Å². The van der Waals surface area contributed by atoms with Crippen LogP contribution >= 0.6 is 0 Å². The van der Waals surface area contributed by atoms with E-state index < -0.39 is 0 Å². The van der Waals surface area contributed by atoms with Crippen molar-refractivity contribution in [2.75, 3.05) is 19.8 Å². The van der Waals surface area contributed by atoms with Gasteiger partial charge in [0.05, 0.1) is 0 Å². The van der Waals surface area contributed by atoms with Crippen molar-refractivity contribution in [3.05, 3.63) is 0 Å². The Morgan fingerprint density at radius 1 is 1.38 bits per heavy atom. The molecule has 0 bridgehead atoms. The molecule has 1 aliphatic heterocycles. The molecular formula is C11H23NO. The molecule has 13 heavy (non-hydrogen) atoms. The molecule has 0 spiro atoms. The van der Waals surface area contributed by atoms with Crippen LogP contribution in [0.5, 0.6) is 0 Å². The van der Waals surface area contributed by atoms with E-state index in [0.717, 1.165) is 25.2 Å². The maximum atomic E-state index is 5.34. The SMILES string of the molecule is CCC(CC)NCCC1CCOC1. The number of nitrogens with one attached hydrogen (secondary N) is 1. The van der Waals surface area contributed by atoms with E-state index >= 15 is 0 Å². The van der Waals surface area contributed by atoms with Gasteiger partial charge >= 0.3 is 0 Å². The van der Waals surface area contributed by atoms with E-state index in [9.17, 15) is 0 Å². The predicted molar refractivity (Wildman–Crippen MR) is 55.9 cm³/mol. The highest BCUT2D eigenvalue weighted by molar-refractivity contribution is 4.68. The Balaban J connectivity index is 1.98. The highest BCUT2D eigenvalue weighted by atomic mass is 16.5. The first-order valence-electron chi connectivity index (χ1n) is 5.68. The van der Waals surface area contributed by atoms with Gasteiger partial charge in [0.15, 0.2) is 0 Å². The molecule has 0 aliphatic carbocycles. The molecule has 0 aromatic rings. The highest BCUT2D eigenvalue weighted by Crippen LogP contribution is 2.15. The van der Waals surface area contributed by atoms with Gasteiger partial charge in [-0.2, -0.15) is 0 Å². The quantitative estimate of drug-likeness (QED) is 0.685. The first-order valence-corrected chi connectivity index (χ1v) is 5.68. The summed E-state index contributed by atoms with van der Waals surface area (Å²) in [4.78, 5) is 0. The van der Waals surface area contributed by atoms with Gasteiger partial charge in [-0.3, -0.25) is 0 Å². The fraction of sp³-hybridized carbons (Fsp3) is 1.00. The number of ether oxygens (including phenoxy) is 1. The minimum atomic E-state index is 0.724. The second-order valence-corrected chi connectivity index (χ2v) is 3.99. The minimum Gasteiger partial charge on any atom is -0.381 e. The van der Waals surface area contributed by atoms with Crippen LogP contribution in [0.25, 0.3) is 0 Å². The van der Waals surface area contributed by atoms with Gasteiger partial charge < -0.3 is 10.1 Å². The molecule has 2 heteroatoms. The molecule has 1 fully saturated rings. The summed E-state index contributed by atoms with van der Waals surface area (Å²) in [5.74, 6) is 0.821. The van der Waals surface area contributed by atoms with Crippen LogP contribution in [-0.2, 0) is 4.74 Å². The van der Waals surface area contributed by atoms with Crippen LogP contribution < -0.4 is 5.32 Å². The van der Waals surface area contributed by atoms with Gasteiger partial charge in [0.1, 0.15) is 0 Å². The molecule has 2 nitrogen and oxygen atoms in total. The molecular weight excluding hydrogens is 162 g/mol. The van der Waals surface area contributed by atoms with Crippen molar-refractivity contribution in [3.63, 3.8) is 0 Å². The van der Waals surface area contributed by atoms with Crippen LogP contribution in [0.15, 0.2) is 0 Å². The molecule has 1 aliphatic rings. The summed E-state index contributed by atoms with van der Waals surface area (Å²) in [7, 11) is 0. The van der Waals surface area contributed by atoms with Gasteiger partial charge in [-0.15, -0.1) is 0 Å². The van der Waals surface area contributed by atoms with E-state index in [1.54, 1.807) is 0 Å². The number of rotatable bonds is 6. The summed E-state index contributed by atoms with van der Waals surface area (Å²) in [6, 6.07) is 0.724. The molecule has 1 rings (SSSR count). The van der Waals surface area contributed by atoms with Crippen LogP contribution in [0.1, 0.15) is 39.5 Å². The Kier molecular flexibility index (Phi) is 5.40. The second kappa shape index (κ2) is 6.39. The van der Waals surface area contributed by atoms with Gasteiger partial charge in [-0.05, 0) is 38.1 Å². The topological polar surface area (TPSA) is 21.3 Å². The molecule has 0 radical (unpaired) electrons. The average molecular weight is 185 g/mol. The molecule has 0 aromatic heterocycles. The fourth-order valence-electron chi connectivity index (χ4n) is 1.88. The maximum Gasteiger partial charge on any atom is 0.0495 e. The molecule has 0 amide bonds. The smallest absolute Gasteiger partial charge is 0.0495 e. The van der Waals surface area contributed by atoms with Gasteiger partial charge in [-0.25, -0.2) is 0 Å². The van der Waals surface area contributed by atoms with Crippen molar-refractivity contribution in [1.82, 2.24) is 5.32 Å². The third kappa shape index (κ3) is 4.10. The van der Waals surface area contributed by atoms with Crippen LogP contribution in [0.2, 0.25) is 0 Å². The molecule has 1 N–H and O–H groups in total. The lowest BCUT2D eigenvalue weighted by Gasteiger charge is -2.15. The van der Waals surface area contributed by atoms with E-state index in [2.05, 4.69) is 19.2 Å². The third-order valence-corrected chi connectivity index (χ3v) is 3.00. The number of hydrogen-bond acceptors (Lipinski definition) is 2. The Morgan fingerprint density at radius 3 is 2.69 bits per heavy atom. The zero-order valence-corrected chi connectivity index (χ0v) is 9.01. The minimum absolute atomic E-state index is 0.724. The molecule has 1 heterocycles. The monoisotopic (exact) mass is 185 g/mol. The normalized spacial score (nSPS) is 22.8. The zero-order valence-electron chi connectivity index (χ0n) is 9.01. The van der Waals surface area contributed by atoms with E-state index in [1.165, 1.54) is 32.2 Å². The van der Waals surface area contributed by atoms with Crippen molar-refractivity contribution in [2.24, 2.45) is 5.92 Å². The van der Waals surface area contributed by atoms with Gasteiger partial charge in [-0.1, -0.05) is 13.8 Å². The molecule has 0 aromatic carbocycles. The Bertz CT molecular complexity index is 115. The lowest BCUT2D eigenvalue weighted by atomic mass is 10.0. The molecule has 0 saturated carbocycles. The summed E-state index contributed by atoms with van der Waals surface area (Å²) < 4.78 is 5.34. The summed E-state index contributed by atoms with van der Waals surface area (Å²) in [5, 5.41) is 3.59. The van der Waals surface area contributed by atoms with Gasteiger partial charge in [0, 0.05) is 19.3 Å². The average Bonchev–Trinajstić information content (AvgIpc) is 2.65. The van der Waals surface area contributed by atoms with Crippen molar-refractivity contribution < 1.29 is 4.74 Å². The van der Waals surface area contributed by atoms with E-state index in [1.807, 2.05) is 0 Å². The van der Waals surface area contributed by atoms with E-state index in [-0.39, 0.29) is 0 Å². The van der Waals surface area contributed by atoms with Crippen LogP contribution in [0.3, 0.4) is 0 Å². The van der Waals surface area contributed by atoms with Crippen LogP contribution in [0.4, 0.5) is 0 Å². The summed E-state index contributed by atoms with van der Waals surface area (Å²) in [6.45, 7) is 7.64. The molecule has 78 valence electrons. The standard InChI is InChI=1S/C11H23NO/c1-3-11(4-2)12-7-5-10-6-8-13-9-10/h10-12H,3-9H2,1-2H3. The van der Waals surface area contributed by atoms with Crippen LogP contribution in [-0.4, -0.2) is 25.8 Å². The highest BCUT2D eigenvalue weighted by Gasteiger charge is 2.15. The van der Waals surface area contributed by atoms with Crippen molar-refractivity contribution in [3.8, 4) is 0 Å². The van der Waals surface area contributed by atoms with Crippen LogP contribution in [0, 0.1) is 5.92 Å². The summed E-state index contributed by atoms with van der Waals surface area (Å²) in [5.41, 5.74) is 0. The number of hydrogen-bond donors (Lipinski definition) is 1. The van der Waals surface area contributed by atoms with E-state index in [0.29, 0.717) is 0 Å². The summed E-state index contributed by atoms with van der Waals surface area (Å²) >= 11 is 0. The fourth-order valence-corrected chi connectivity index (χ4v) is 1.88. The van der Waals surface area contributed by atoms with Crippen molar-refractivity contribution >= 4 is 0 Å². The maximum absolute atomic E-state index is 5.34.